The van der Waals surface area contributed by atoms with Crippen molar-refractivity contribution in [3.63, 3.8) is 0 Å². The quantitative estimate of drug-likeness (QED) is 0.849. The van der Waals surface area contributed by atoms with E-state index >= 15 is 0 Å². The van der Waals surface area contributed by atoms with Gasteiger partial charge < -0.3 is 10.8 Å². The van der Waals surface area contributed by atoms with Crippen molar-refractivity contribution in [3.8, 4) is 5.69 Å². The zero-order valence-electron chi connectivity index (χ0n) is 11.4. The van der Waals surface area contributed by atoms with Crippen molar-refractivity contribution in [2.45, 2.75) is 26.7 Å². The molecule has 2 rings (SSSR count). The molecule has 0 aliphatic heterocycles. The van der Waals surface area contributed by atoms with Gasteiger partial charge in [-0.15, -0.1) is 0 Å². The molecule has 2 aromatic rings. The highest BCUT2D eigenvalue weighted by Crippen LogP contribution is 2.29. The zero-order valence-corrected chi connectivity index (χ0v) is 12.1. The van der Waals surface area contributed by atoms with Crippen LogP contribution >= 0.6 is 11.6 Å². The lowest BCUT2D eigenvalue weighted by Gasteiger charge is -2.12. The molecule has 0 atom stereocenters. The molecule has 1 aromatic carbocycles. The Kier molecular flexibility index (Phi) is 3.99. The molecule has 0 saturated heterocycles. The SMILES string of the molecule is CCc1cc(CC)n(-c2c(Cl)cc(N)cc2C(=O)O)n1. The first-order valence-electron chi connectivity index (χ1n) is 6.38. The predicted octanol–water partition coefficient (Wildman–Crippen LogP) is 2.93. The van der Waals surface area contributed by atoms with Gasteiger partial charge in [0.25, 0.3) is 0 Å². The number of nitrogens with two attached hydrogens (primary N) is 1. The molecule has 0 saturated carbocycles. The summed E-state index contributed by atoms with van der Waals surface area (Å²) in [6.07, 6.45) is 1.50. The normalized spacial score (nSPS) is 10.8. The van der Waals surface area contributed by atoms with E-state index in [1.54, 1.807) is 4.68 Å². The molecule has 0 aliphatic carbocycles. The van der Waals surface area contributed by atoms with Gasteiger partial charge in [-0.25, -0.2) is 9.48 Å². The third-order valence-corrected chi connectivity index (χ3v) is 3.37. The highest BCUT2D eigenvalue weighted by Gasteiger charge is 2.19. The average molecular weight is 294 g/mol. The monoisotopic (exact) mass is 293 g/mol. The summed E-state index contributed by atoms with van der Waals surface area (Å²) < 4.78 is 1.60. The molecule has 20 heavy (non-hydrogen) atoms. The standard InChI is InChI=1S/C14H16ClN3O2/c1-3-9-7-10(4-2)18(17-9)13-11(14(19)20)5-8(16)6-12(13)15/h5-7H,3-4,16H2,1-2H3,(H,19,20). The minimum absolute atomic E-state index is 0.0513. The number of rotatable bonds is 4. The van der Waals surface area contributed by atoms with Crippen LogP contribution in [0, 0.1) is 0 Å². The second-order valence-electron chi connectivity index (χ2n) is 4.45. The number of carboxylic acid groups (broad SMARTS) is 1. The van der Waals surface area contributed by atoms with Gasteiger partial charge in [-0.1, -0.05) is 25.4 Å². The fourth-order valence-electron chi connectivity index (χ4n) is 2.09. The highest BCUT2D eigenvalue weighted by molar-refractivity contribution is 6.33. The predicted molar refractivity (Wildman–Crippen MR) is 78.7 cm³/mol. The van der Waals surface area contributed by atoms with E-state index in [-0.39, 0.29) is 10.6 Å². The molecule has 0 unspecified atom stereocenters. The van der Waals surface area contributed by atoms with Crippen molar-refractivity contribution in [2.24, 2.45) is 0 Å². The van der Waals surface area contributed by atoms with Crippen molar-refractivity contribution >= 4 is 23.3 Å². The second-order valence-corrected chi connectivity index (χ2v) is 4.86. The maximum atomic E-state index is 11.4. The number of carboxylic acids is 1. The summed E-state index contributed by atoms with van der Waals surface area (Å²) in [4.78, 5) is 11.4. The molecule has 0 spiro atoms. The lowest BCUT2D eigenvalue weighted by molar-refractivity contribution is 0.0696. The smallest absolute Gasteiger partial charge is 0.338 e. The molecule has 106 valence electrons. The molecule has 1 heterocycles. The molecular weight excluding hydrogens is 278 g/mol. The Bertz CT molecular complexity index is 665. The summed E-state index contributed by atoms with van der Waals surface area (Å²) in [5.74, 6) is -1.08. The molecule has 0 aliphatic rings. The van der Waals surface area contributed by atoms with Crippen LogP contribution < -0.4 is 5.73 Å². The topological polar surface area (TPSA) is 81.1 Å². The summed E-state index contributed by atoms with van der Waals surface area (Å²) in [6.45, 7) is 3.98. The zero-order chi connectivity index (χ0) is 14.9. The Hall–Kier alpha value is -2.01. The number of aromatic carboxylic acids is 1. The van der Waals surface area contributed by atoms with Crippen LogP contribution in [0.15, 0.2) is 18.2 Å². The first-order chi connectivity index (χ1) is 9.47. The number of aromatic nitrogens is 2. The fourth-order valence-corrected chi connectivity index (χ4v) is 2.40. The summed E-state index contributed by atoms with van der Waals surface area (Å²) >= 11 is 6.19. The van der Waals surface area contributed by atoms with Crippen LogP contribution in [0.2, 0.25) is 5.02 Å². The van der Waals surface area contributed by atoms with Gasteiger partial charge in [0.2, 0.25) is 0 Å². The summed E-state index contributed by atoms with van der Waals surface area (Å²) in [7, 11) is 0. The molecule has 0 bridgehead atoms. The van der Waals surface area contributed by atoms with Crippen molar-refractivity contribution in [2.75, 3.05) is 5.73 Å². The average Bonchev–Trinajstić information content (AvgIpc) is 2.80. The Morgan fingerprint density at radius 3 is 2.60 bits per heavy atom. The van der Waals surface area contributed by atoms with E-state index < -0.39 is 5.97 Å². The van der Waals surface area contributed by atoms with Gasteiger partial charge in [-0.3, -0.25) is 0 Å². The third-order valence-electron chi connectivity index (χ3n) is 3.09. The number of hydrogen-bond acceptors (Lipinski definition) is 3. The first kappa shape index (κ1) is 14.4. The van der Waals surface area contributed by atoms with Crippen molar-refractivity contribution < 1.29 is 9.90 Å². The summed E-state index contributed by atoms with van der Waals surface area (Å²) in [5.41, 5.74) is 8.21. The first-order valence-corrected chi connectivity index (χ1v) is 6.76. The molecule has 0 radical (unpaired) electrons. The van der Waals surface area contributed by atoms with E-state index in [9.17, 15) is 9.90 Å². The number of anilines is 1. The van der Waals surface area contributed by atoms with Gasteiger partial charge in [-0.05, 0) is 31.0 Å². The van der Waals surface area contributed by atoms with E-state index in [0.717, 1.165) is 24.2 Å². The molecule has 5 nitrogen and oxygen atoms in total. The maximum Gasteiger partial charge on any atom is 0.338 e. The van der Waals surface area contributed by atoms with Crippen molar-refractivity contribution in [1.29, 1.82) is 0 Å². The van der Waals surface area contributed by atoms with Crippen LogP contribution in [0.5, 0.6) is 0 Å². The number of carbonyl (C=O) groups is 1. The van der Waals surface area contributed by atoms with E-state index in [1.807, 2.05) is 19.9 Å². The Morgan fingerprint density at radius 1 is 1.35 bits per heavy atom. The lowest BCUT2D eigenvalue weighted by Crippen LogP contribution is -2.11. The van der Waals surface area contributed by atoms with E-state index in [0.29, 0.717) is 11.4 Å². The van der Waals surface area contributed by atoms with Gasteiger partial charge in [0.1, 0.15) is 0 Å². The van der Waals surface area contributed by atoms with Crippen molar-refractivity contribution in [1.82, 2.24) is 9.78 Å². The highest BCUT2D eigenvalue weighted by atomic mass is 35.5. The van der Waals surface area contributed by atoms with Gasteiger partial charge in [-0.2, -0.15) is 5.10 Å². The molecular formula is C14H16ClN3O2. The molecule has 1 aromatic heterocycles. The Morgan fingerprint density at radius 2 is 2.05 bits per heavy atom. The van der Waals surface area contributed by atoms with Crippen LogP contribution in [0.3, 0.4) is 0 Å². The molecule has 0 amide bonds. The number of nitrogens with zero attached hydrogens (tertiary/aromatic N) is 2. The molecule has 3 N–H and O–H groups in total. The van der Waals surface area contributed by atoms with Crippen LogP contribution in [-0.2, 0) is 12.8 Å². The molecule has 0 fully saturated rings. The van der Waals surface area contributed by atoms with Crippen molar-refractivity contribution in [3.05, 3.63) is 40.2 Å². The van der Waals surface area contributed by atoms with Gasteiger partial charge in [0.05, 0.1) is 22.0 Å². The number of nitrogen functional groups attached to an aromatic ring is 1. The maximum absolute atomic E-state index is 11.4. The van der Waals surface area contributed by atoms with Crippen LogP contribution in [0.25, 0.3) is 5.69 Å². The van der Waals surface area contributed by atoms with Gasteiger partial charge in [0.15, 0.2) is 0 Å². The minimum Gasteiger partial charge on any atom is -0.478 e. The number of aryl methyl sites for hydroxylation is 2. The number of hydrogen-bond donors (Lipinski definition) is 2. The Labute approximate surface area is 122 Å². The number of benzene rings is 1. The van der Waals surface area contributed by atoms with Gasteiger partial charge in [0, 0.05) is 11.4 Å². The van der Waals surface area contributed by atoms with Crippen LogP contribution in [-0.4, -0.2) is 20.9 Å². The summed E-state index contributed by atoms with van der Waals surface area (Å²) in [6, 6.07) is 4.89. The second kappa shape index (κ2) is 5.54. The Balaban J connectivity index is 2.74. The third kappa shape index (κ3) is 2.49. The largest absolute Gasteiger partial charge is 0.478 e. The molecule has 6 heteroatoms. The fraction of sp³-hybridized carbons (Fsp3) is 0.286. The lowest BCUT2D eigenvalue weighted by atomic mass is 10.1. The van der Waals surface area contributed by atoms with E-state index in [4.69, 9.17) is 17.3 Å². The van der Waals surface area contributed by atoms with E-state index in [2.05, 4.69) is 5.10 Å². The van der Waals surface area contributed by atoms with E-state index in [1.165, 1.54) is 12.1 Å². The number of halogens is 1. The van der Waals surface area contributed by atoms with Crippen LogP contribution in [0.4, 0.5) is 5.69 Å². The van der Waals surface area contributed by atoms with Crippen LogP contribution in [0.1, 0.15) is 35.6 Å². The summed E-state index contributed by atoms with van der Waals surface area (Å²) in [5, 5.41) is 14.1. The van der Waals surface area contributed by atoms with Gasteiger partial charge >= 0.3 is 5.97 Å². The minimum atomic E-state index is -1.08.